The maximum atomic E-state index is 13.5. The summed E-state index contributed by atoms with van der Waals surface area (Å²) >= 11 is 0. The number of hydrogen-bond acceptors (Lipinski definition) is 11. The summed E-state index contributed by atoms with van der Waals surface area (Å²) in [6.45, 7) is 14.0. The summed E-state index contributed by atoms with van der Waals surface area (Å²) in [5.41, 5.74) is 3.71. The Bertz CT molecular complexity index is 2140. The van der Waals surface area contributed by atoms with Gasteiger partial charge in [-0.05, 0) is 76.1 Å². The number of hydrogen-bond donors (Lipinski definition) is 5. The van der Waals surface area contributed by atoms with Crippen molar-refractivity contribution in [3.05, 3.63) is 96.1 Å². The zero-order valence-corrected chi connectivity index (χ0v) is 36.2. The van der Waals surface area contributed by atoms with Gasteiger partial charge < -0.3 is 45.2 Å². The molecule has 5 aromatic rings. The molecule has 2 aliphatic heterocycles. The average Bonchev–Trinajstić information content (AvgIpc) is 4.03. The number of likely N-dealkylation sites (tertiary alicyclic amines) is 1. The molecule has 7 rings (SSSR count). The van der Waals surface area contributed by atoms with Gasteiger partial charge in [-0.15, -0.1) is 13.2 Å². The van der Waals surface area contributed by atoms with Crippen LogP contribution in [0.15, 0.2) is 73.2 Å². The zero-order chi connectivity index (χ0) is 45.2. The largest absolute Gasteiger partial charge is 0.573 e. The normalized spacial score (nSPS) is 15.8. The molecule has 15 nitrogen and oxygen atoms in total. The van der Waals surface area contributed by atoms with Crippen LogP contribution >= 0.6 is 0 Å². The van der Waals surface area contributed by atoms with E-state index in [2.05, 4.69) is 76.0 Å². The number of methoxy groups -OCH3 is 1. The number of nitrogens with one attached hydrogen (secondary N) is 5. The first-order chi connectivity index (χ1) is 29.7. The molecule has 2 amide bonds. The lowest BCUT2D eigenvalue weighted by Crippen LogP contribution is -2.49. The molecule has 334 valence electrons. The van der Waals surface area contributed by atoms with Gasteiger partial charge in [-0.25, -0.2) is 15.0 Å². The third-order valence-electron chi connectivity index (χ3n) is 9.41. The number of rotatable bonds is 10. The number of ether oxygens (including phenoxy) is 2. The number of nitrogens with zero attached hydrogens (tertiary/aromatic N) is 5. The Morgan fingerprint density at radius 2 is 1.66 bits per heavy atom. The summed E-state index contributed by atoms with van der Waals surface area (Å²) in [5.74, 6) is 1.47. The van der Waals surface area contributed by atoms with Crippen molar-refractivity contribution in [1.29, 1.82) is 0 Å². The van der Waals surface area contributed by atoms with E-state index in [4.69, 9.17) is 4.79 Å². The van der Waals surface area contributed by atoms with Gasteiger partial charge in [-0.3, -0.25) is 14.4 Å². The van der Waals surface area contributed by atoms with Gasteiger partial charge in [-0.2, -0.15) is 0 Å². The first kappa shape index (κ1) is 48.4. The number of benzene rings is 2. The highest BCUT2D eigenvalue weighted by molar-refractivity contribution is 6.04. The van der Waals surface area contributed by atoms with E-state index in [1.165, 1.54) is 31.9 Å². The maximum absolute atomic E-state index is 13.5. The lowest BCUT2D eigenvalue weighted by atomic mass is 10.0. The maximum Gasteiger partial charge on any atom is 0.573 e. The highest BCUT2D eigenvalue weighted by Gasteiger charge is 2.33. The molecule has 0 bridgehead atoms. The van der Waals surface area contributed by atoms with Crippen LogP contribution in [0.2, 0.25) is 0 Å². The SMILES string of the molecule is CCC.CNCC(=O)N1CCCC1c1ncc(-c2ccc(-c3ccc(NC(=O)c4ccc(N5CCNC(C)C5)nc4)cc3OC(F)(F)F)cc2)[nH]1.COC=O.Cc1cnc(C)[nH]1. The van der Waals surface area contributed by atoms with Crippen molar-refractivity contribution in [1.82, 2.24) is 40.5 Å². The van der Waals surface area contributed by atoms with Crippen LogP contribution in [-0.4, -0.2) is 107 Å². The van der Waals surface area contributed by atoms with Crippen LogP contribution in [0.4, 0.5) is 24.7 Å². The van der Waals surface area contributed by atoms with Crippen LogP contribution in [0.3, 0.4) is 0 Å². The number of carbonyl (C=O) groups is 3. The van der Waals surface area contributed by atoms with Gasteiger partial charge in [0.05, 0.1) is 37.2 Å². The number of aromatic nitrogens is 5. The van der Waals surface area contributed by atoms with Crippen LogP contribution in [0, 0.1) is 13.8 Å². The third kappa shape index (κ3) is 14.4. The number of alkyl halides is 3. The van der Waals surface area contributed by atoms with Crippen LogP contribution in [-0.2, 0) is 14.3 Å². The van der Waals surface area contributed by atoms with Gasteiger partial charge in [-0.1, -0.05) is 44.5 Å². The molecular weight excluding hydrogens is 806 g/mol. The molecule has 3 aromatic heterocycles. The Hall–Kier alpha value is -6.27. The average molecular weight is 863 g/mol. The summed E-state index contributed by atoms with van der Waals surface area (Å²) in [6, 6.07) is 14.7. The highest BCUT2D eigenvalue weighted by Crippen LogP contribution is 2.37. The predicted molar refractivity (Wildman–Crippen MR) is 233 cm³/mol. The Kier molecular flexibility index (Phi) is 18.5. The number of imidazole rings is 2. The number of aromatic amines is 2. The Balaban J connectivity index is 0.000000520. The van der Waals surface area contributed by atoms with E-state index in [1.54, 1.807) is 49.6 Å². The fraction of sp³-hybridized carbons (Fsp3) is 0.409. The molecule has 2 atom stereocenters. The van der Waals surface area contributed by atoms with Gasteiger partial charge >= 0.3 is 6.36 Å². The van der Waals surface area contributed by atoms with Crippen molar-refractivity contribution in [3.63, 3.8) is 0 Å². The molecule has 0 radical (unpaired) electrons. The first-order valence-corrected chi connectivity index (χ1v) is 20.4. The Morgan fingerprint density at radius 3 is 2.23 bits per heavy atom. The smallest absolute Gasteiger partial charge is 0.471 e. The quantitative estimate of drug-likeness (QED) is 0.0896. The summed E-state index contributed by atoms with van der Waals surface area (Å²) < 4.78 is 48.7. The molecular formula is C44H57F3N10O5. The van der Waals surface area contributed by atoms with Crippen molar-refractivity contribution in [2.24, 2.45) is 0 Å². The number of amides is 2. The molecule has 2 unspecified atom stereocenters. The Morgan fingerprint density at radius 1 is 0.952 bits per heavy atom. The molecule has 62 heavy (non-hydrogen) atoms. The second-order valence-electron chi connectivity index (χ2n) is 14.6. The standard InChI is InChI=1S/C34H37F3N8O3.C5H8N2.C3H8.C2H4O2/c1-21-20-44(15-13-39-21)30-12-9-24(17-40-30)33(47)42-25-10-11-26(29(16-25)48-34(35,36)37)22-5-7-23(8-6-22)27-18-41-32(43-27)28-4-3-14-45(28)31(46)19-38-2;1-4-3-6-5(2)7-4;1-3-2;1-4-2-3/h5-12,16-18,21,28,38-39H,3-4,13-15,19-20H2,1-2H3,(H,41,43)(H,42,47);3H,1-2H3,(H,6,7);3H2,1-2H3;2H,1H3. The number of halogens is 3. The number of likely N-dealkylation sites (N-methyl/N-ethyl adjacent to an activating group) is 1. The number of carbonyl (C=O) groups excluding carboxylic acids is 3. The number of anilines is 2. The minimum Gasteiger partial charge on any atom is -0.471 e. The number of aryl methyl sites for hydroxylation is 2. The van der Waals surface area contributed by atoms with E-state index in [0.29, 0.717) is 30.4 Å². The molecule has 2 aliphatic rings. The molecule has 2 aromatic carbocycles. The minimum absolute atomic E-state index is 0.0107. The summed E-state index contributed by atoms with van der Waals surface area (Å²) in [5, 5.41) is 8.92. The van der Waals surface area contributed by atoms with Gasteiger partial charge in [0.1, 0.15) is 23.2 Å². The van der Waals surface area contributed by atoms with Crippen molar-refractivity contribution < 1.29 is 37.0 Å². The van der Waals surface area contributed by atoms with E-state index < -0.39 is 18.0 Å². The van der Waals surface area contributed by atoms with E-state index >= 15 is 0 Å². The lowest BCUT2D eigenvalue weighted by molar-refractivity contribution is -0.274. The van der Waals surface area contributed by atoms with Crippen molar-refractivity contribution in [3.8, 4) is 28.1 Å². The zero-order valence-electron chi connectivity index (χ0n) is 36.2. The van der Waals surface area contributed by atoms with E-state index in [0.717, 1.165) is 67.1 Å². The minimum atomic E-state index is -4.95. The third-order valence-corrected chi connectivity index (χ3v) is 9.41. The second-order valence-corrected chi connectivity index (χ2v) is 14.6. The van der Waals surface area contributed by atoms with Crippen LogP contribution < -0.4 is 25.6 Å². The second kappa shape index (κ2) is 23.7. The molecule has 0 saturated carbocycles. The van der Waals surface area contributed by atoms with Gasteiger partial charge in [0.2, 0.25) is 5.91 Å². The molecule has 0 aliphatic carbocycles. The highest BCUT2D eigenvalue weighted by atomic mass is 19.4. The van der Waals surface area contributed by atoms with Gasteiger partial charge in [0.15, 0.2) is 0 Å². The molecule has 18 heteroatoms. The first-order valence-electron chi connectivity index (χ1n) is 20.4. The van der Waals surface area contributed by atoms with E-state index in [9.17, 15) is 22.8 Å². The van der Waals surface area contributed by atoms with Crippen LogP contribution in [0.1, 0.15) is 73.8 Å². The van der Waals surface area contributed by atoms with E-state index in [-0.39, 0.29) is 35.3 Å². The Labute approximate surface area is 360 Å². The van der Waals surface area contributed by atoms with Crippen molar-refractivity contribution in [2.75, 3.05) is 57.1 Å². The van der Waals surface area contributed by atoms with Gasteiger partial charge in [0.25, 0.3) is 12.4 Å². The lowest BCUT2D eigenvalue weighted by Gasteiger charge is -2.32. The van der Waals surface area contributed by atoms with Gasteiger partial charge in [0, 0.05) is 67.6 Å². The molecule has 5 heterocycles. The fourth-order valence-corrected chi connectivity index (χ4v) is 6.73. The van der Waals surface area contributed by atoms with E-state index in [1.807, 2.05) is 24.9 Å². The number of H-pyrrole nitrogens is 2. The molecule has 2 saturated heterocycles. The predicted octanol–water partition coefficient (Wildman–Crippen LogP) is 7.20. The number of piperazine rings is 1. The molecule has 5 N–H and O–H groups in total. The summed E-state index contributed by atoms with van der Waals surface area (Å²) in [6.07, 6.45) is 2.95. The fourth-order valence-electron chi connectivity index (χ4n) is 6.73. The monoisotopic (exact) mass is 862 g/mol. The summed E-state index contributed by atoms with van der Waals surface area (Å²) in [4.78, 5) is 57.6. The topological polar surface area (TPSA) is 182 Å². The number of pyridine rings is 1. The van der Waals surface area contributed by atoms with Crippen molar-refractivity contribution >= 4 is 29.8 Å². The summed E-state index contributed by atoms with van der Waals surface area (Å²) in [7, 11) is 3.04. The van der Waals surface area contributed by atoms with Crippen molar-refractivity contribution in [2.45, 2.75) is 72.3 Å². The molecule has 0 spiro atoms. The van der Waals surface area contributed by atoms with Crippen LogP contribution in [0.5, 0.6) is 5.75 Å². The van der Waals surface area contributed by atoms with Crippen LogP contribution in [0.25, 0.3) is 22.4 Å². The molecule has 2 fully saturated rings.